The van der Waals surface area contributed by atoms with Crippen LogP contribution in [0.2, 0.25) is 0 Å². The average Bonchev–Trinajstić information content (AvgIpc) is 2.90. The van der Waals surface area contributed by atoms with Gasteiger partial charge in [-0.15, -0.1) is 0 Å². The quantitative estimate of drug-likeness (QED) is 0.343. The molecule has 0 saturated carbocycles. The summed E-state index contributed by atoms with van der Waals surface area (Å²) in [6.07, 6.45) is 0.696. The van der Waals surface area contributed by atoms with E-state index in [1.807, 2.05) is 13.8 Å². The third-order valence-electron chi connectivity index (χ3n) is 7.58. The first kappa shape index (κ1) is 28.9. The number of hydrogen-bond donors (Lipinski definition) is 1. The van der Waals surface area contributed by atoms with E-state index in [4.69, 9.17) is 14.6 Å². The average molecular weight is 519 g/mol. The summed E-state index contributed by atoms with van der Waals surface area (Å²) in [5.41, 5.74) is 13.5. The van der Waals surface area contributed by atoms with Gasteiger partial charge in [0.15, 0.2) is 6.29 Å². The van der Waals surface area contributed by atoms with Crippen molar-refractivity contribution in [3.05, 3.63) is 55.9 Å². The molecule has 2 aromatic carbocycles. The molecule has 8 heteroatoms. The van der Waals surface area contributed by atoms with Crippen LogP contribution in [0.1, 0.15) is 55.9 Å². The SMILES string of the molecule is Cc1c(C)c(C)c2c(C)nc(OCC=O)nc2c1C.Cc1c(C)c(C)c2c(C)nc(OCCO)nc2c1C. The number of aliphatic hydroxyl groups is 1. The molecule has 0 aliphatic carbocycles. The molecule has 0 aliphatic rings. The molecule has 0 atom stereocenters. The molecule has 4 aromatic rings. The van der Waals surface area contributed by atoms with Crippen LogP contribution in [-0.2, 0) is 4.79 Å². The number of nitrogens with zero attached hydrogens (tertiary/aromatic N) is 4. The van der Waals surface area contributed by atoms with Crippen molar-refractivity contribution in [2.45, 2.75) is 69.2 Å². The van der Waals surface area contributed by atoms with Gasteiger partial charge in [0.25, 0.3) is 0 Å². The highest BCUT2D eigenvalue weighted by Gasteiger charge is 2.16. The van der Waals surface area contributed by atoms with Gasteiger partial charge in [-0.25, -0.2) is 0 Å². The minimum Gasteiger partial charge on any atom is -0.461 e. The fraction of sp³-hybridized carbons (Fsp3) is 0.433. The van der Waals surface area contributed by atoms with Gasteiger partial charge in [-0.3, -0.25) is 4.79 Å². The lowest BCUT2D eigenvalue weighted by Crippen LogP contribution is -2.07. The van der Waals surface area contributed by atoms with E-state index in [-0.39, 0.29) is 25.8 Å². The summed E-state index contributed by atoms with van der Waals surface area (Å²) in [4.78, 5) is 28.0. The molecule has 1 N–H and O–H groups in total. The van der Waals surface area contributed by atoms with Gasteiger partial charge in [-0.2, -0.15) is 19.9 Å². The molecular formula is C30H38N4O4. The van der Waals surface area contributed by atoms with Crippen molar-refractivity contribution < 1.29 is 19.4 Å². The highest BCUT2D eigenvalue weighted by molar-refractivity contribution is 5.90. The van der Waals surface area contributed by atoms with Crippen molar-refractivity contribution in [2.24, 2.45) is 0 Å². The number of ether oxygens (including phenoxy) is 2. The van der Waals surface area contributed by atoms with Crippen LogP contribution in [0.5, 0.6) is 12.0 Å². The van der Waals surface area contributed by atoms with Crippen LogP contribution in [0.3, 0.4) is 0 Å². The molecule has 0 saturated heterocycles. The molecule has 4 rings (SSSR count). The van der Waals surface area contributed by atoms with Crippen molar-refractivity contribution in [2.75, 3.05) is 19.8 Å². The Hall–Kier alpha value is -3.65. The van der Waals surface area contributed by atoms with Crippen molar-refractivity contribution in [1.29, 1.82) is 0 Å². The maximum absolute atomic E-state index is 10.4. The fourth-order valence-corrected chi connectivity index (χ4v) is 4.76. The zero-order chi connectivity index (χ0) is 28.3. The van der Waals surface area contributed by atoms with Gasteiger partial charge < -0.3 is 14.6 Å². The van der Waals surface area contributed by atoms with Crippen molar-refractivity contribution in [1.82, 2.24) is 19.9 Å². The smallest absolute Gasteiger partial charge is 0.317 e. The van der Waals surface area contributed by atoms with Crippen LogP contribution in [0, 0.1) is 69.2 Å². The Morgan fingerprint density at radius 2 is 0.974 bits per heavy atom. The fourth-order valence-electron chi connectivity index (χ4n) is 4.76. The van der Waals surface area contributed by atoms with Gasteiger partial charge in [-0.1, -0.05) is 0 Å². The summed E-state index contributed by atoms with van der Waals surface area (Å²) in [6.45, 7) is 20.9. The van der Waals surface area contributed by atoms with E-state index in [1.165, 1.54) is 33.4 Å². The van der Waals surface area contributed by atoms with E-state index in [0.29, 0.717) is 12.3 Å². The number of aliphatic hydroxyl groups excluding tert-OH is 1. The zero-order valence-corrected chi connectivity index (χ0v) is 24.2. The van der Waals surface area contributed by atoms with Gasteiger partial charge in [0.1, 0.15) is 13.2 Å². The van der Waals surface area contributed by atoms with Gasteiger partial charge >= 0.3 is 12.0 Å². The largest absolute Gasteiger partial charge is 0.461 e. The lowest BCUT2D eigenvalue weighted by atomic mass is 9.94. The third kappa shape index (κ3) is 5.45. The maximum atomic E-state index is 10.4. The van der Waals surface area contributed by atoms with E-state index < -0.39 is 0 Å². The summed E-state index contributed by atoms with van der Waals surface area (Å²) in [5.74, 6) is 0. The number of aromatic nitrogens is 4. The molecule has 2 aromatic heterocycles. The van der Waals surface area contributed by atoms with Gasteiger partial charge in [0, 0.05) is 10.8 Å². The third-order valence-corrected chi connectivity index (χ3v) is 7.58. The van der Waals surface area contributed by atoms with Crippen LogP contribution in [0.15, 0.2) is 0 Å². The number of rotatable bonds is 6. The minimum absolute atomic E-state index is 0.0200. The normalized spacial score (nSPS) is 10.9. The first-order valence-electron chi connectivity index (χ1n) is 12.7. The topological polar surface area (TPSA) is 107 Å². The zero-order valence-electron chi connectivity index (χ0n) is 24.2. The number of benzene rings is 2. The monoisotopic (exact) mass is 518 g/mol. The van der Waals surface area contributed by atoms with E-state index in [1.54, 1.807) is 0 Å². The summed E-state index contributed by atoms with van der Waals surface area (Å²) in [6, 6.07) is 0.604. The van der Waals surface area contributed by atoms with E-state index in [9.17, 15) is 4.79 Å². The summed E-state index contributed by atoms with van der Waals surface area (Å²) in [7, 11) is 0. The number of carbonyl (C=O) groups excluding carboxylic acids is 1. The van der Waals surface area contributed by atoms with Gasteiger partial charge in [-0.05, 0) is 114 Å². The molecule has 38 heavy (non-hydrogen) atoms. The van der Waals surface area contributed by atoms with Crippen molar-refractivity contribution >= 4 is 28.1 Å². The molecule has 0 amide bonds. The predicted octanol–water partition coefficient (Wildman–Crippen LogP) is 5.29. The lowest BCUT2D eigenvalue weighted by molar-refractivity contribution is -0.109. The Kier molecular flexibility index (Phi) is 8.99. The van der Waals surface area contributed by atoms with Crippen LogP contribution >= 0.6 is 0 Å². The molecular weight excluding hydrogens is 480 g/mol. The van der Waals surface area contributed by atoms with Crippen molar-refractivity contribution in [3.8, 4) is 12.0 Å². The second-order valence-electron chi connectivity index (χ2n) is 9.68. The Balaban J connectivity index is 0.000000211. The molecule has 202 valence electrons. The van der Waals surface area contributed by atoms with Crippen molar-refractivity contribution in [3.63, 3.8) is 0 Å². The van der Waals surface area contributed by atoms with Gasteiger partial charge in [0.05, 0.1) is 29.0 Å². The lowest BCUT2D eigenvalue weighted by Gasteiger charge is -2.15. The maximum Gasteiger partial charge on any atom is 0.317 e. The van der Waals surface area contributed by atoms with E-state index in [2.05, 4.69) is 75.3 Å². The molecule has 0 radical (unpaired) electrons. The second kappa shape index (κ2) is 11.8. The molecule has 0 aliphatic heterocycles. The van der Waals surface area contributed by atoms with Crippen LogP contribution in [0.4, 0.5) is 0 Å². The minimum atomic E-state index is -0.0363. The molecule has 2 heterocycles. The van der Waals surface area contributed by atoms with E-state index >= 15 is 0 Å². The Labute approximate surface area is 224 Å². The summed E-state index contributed by atoms with van der Waals surface area (Å²) in [5, 5.41) is 11.0. The molecule has 0 bridgehead atoms. The van der Waals surface area contributed by atoms with Gasteiger partial charge in [0.2, 0.25) is 0 Å². The Morgan fingerprint density at radius 3 is 1.37 bits per heavy atom. The number of fused-ring (bicyclic) bond motifs is 2. The van der Waals surface area contributed by atoms with Crippen LogP contribution in [-0.4, -0.2) is 51.1 Å². The number of aryl methyl sites for hydroxylation is 6. The highest BCUT2D eigenvalue weighted by Crippen LogP contribution is 2.31. The number of aldehydes is 1. The molecule has 8 nitrogen and oxygen atoms in total. The number of hydrogen-bond acceptors (Lipinski definition) is 8. The predicted molar refractivity (Wildman–Crippen MR) is 151 cm³/mol. The highest BCUT2D eigenvalue weighted by atomic mass is 16.5. The summed E-state index contributed by atoms with van der Waals surface area (Å²) >= 11 is 0. The van der Waals surface area contributed by atoms with Crippen LogP contribution in [0.25, 0.3) is 21.8 Å². The first-order chi connectivity index (χ1) is 17.9. The molecule has 0 fully saturated rings. The first-order valence-corrected chi connectivity index (χ1v) is 12.7. The Bertz CT molecular complexity index is 1530. The summed E-state index contributed by atoms with van der Waals surface area (Å²) < 4.78 is 10.6. The second-order valence-corrected chi connectivity index (χ2v) is 9.68. The standard InChI is InChI=1S/C15H20N2O2.C15H18N2O2/c2*1-8-9(2)11(4)14-13(10(8)3)12(5)16-15(17-14)19-7-6-18/h18H,6-7H2,1-5H3;6H,7H2,1-5H3. The number of carbonyl (C=O) groups is 1. The Morgan fingerprint density at radius 1 is 0.579 bits per heavy atom. The molecule has 0 spiro atoms. The van der Waals surface area contributed by atoms with E-state index in [0.717, 1.165) is 44.3 Å². The van der Waals surface area contributed by atoms with Crippen LogP contribution < -0.4 is 9.47 Å². The molecule has 0 unspecified atom stereocenters.